The van der Waals surface area contributed by atoms with Gasteiger partial charge in [0.15, 0.2) is 5.65 Å². The van der Waals surface area contributed by atoms with Crippen LogP contribution in [0.1, 0.15) is 0 Å². The van der Waals surface area contributed by atoms with Crippen LogP contribution in [0.3, 0.4) is 0 Å². The van der Waals surface area contributed by atoms with Crippen LogP contribution in [-0.4, -0.2) is 57.9 Å². The van der Waals surface area contributed by atoms with Gasteiger partial charge in [-0.1, -0.05) is 23.7 Å². The average Bonchev–Trinajstić information content (AvgIpc) is 3.10. The number of anilines is 2. The molecule has 1 fully saturated rings. The van der Waals surface area contributed by atoms with Gasteiger partial charge in [0.05, 0.1) is 16.8 Å². The number of hydrogen-bond donors (Lipinski definition) is 1. The van der Waals surface area contributed by atoms with E-state index in [1.54, 1.807) is 16.8 Å². The summed E-state index contributed by atoms with van der Waals surface area (Å²) in [6.07, 6.45) is 0. The Morgan fingerprint density at radius 3 is 2.45 bits per heavy atom. The van der Waals surface area contributed by atoms with Crippen molar-refractivity contribution in [3.05, 3.63) is 59.4 Å². The minimum absolute atomic E-state index is 0.323. The standard InChI is InChI=1S/C22H21ClFN7/c1-29-9-11-30(12-10-29)22-26-19(14-3-2-4-15(23)13-14)18-20(25)31(28-21(18)27-22)17-7-5-16(24)6-8-17/h2-8,13H,9-12,25H2,1H3. The SMILES string of the molecule is CN1CCN(c2nc(-c3cccc(Cl)c3)c3c(N)n(-c4ccc(F)cc4)nc3n2)CC1. The molecule has 1 saturated heterocycles. The predicted molar refractivity (Wildman–Crippen MR) is 121 cm³/mol. The highest BCUT2D eigenvalue weighted by Gasteiger charge is 2.23. The molecule has 0 radical (unpaired) electrons. The summed E-state index contributed by atoms with van der Waals surface area (Å²) in [7, 11) is 2.10. The predicted octanol–water partition coefficient (Wildman–Crippen LogP) is 3.61. The third kappa shape index (κ3) is 3.68. The fourth-order valence-electron chi connectivity index (χ4n) is 3.77. The summed E-state index contributed by atoms with van der Waals surface area (Å²) in [5, 5.41) is 5.89. The van der Waals surface area contributed by atoms with Crippen molar-refractivity contribution < 1.29 is 4.39 Å². The number of nitrogen functional groups attached to an aromatic ring is 1. The molecule has 0 aliphatic carbocycles. The maximum Gasteiger partial charge on any atom is 0.228 e. The molecule has 2 aromatic heterocycles. The number of benzene rings is 2. The molecule has 0 unspecified atom stereocenters. The second kappa shape index (κ2) is 7.79. The maximum absolute atomic E-state index is 13.4. The molecule has 0 bridgehead atoms. The van der Waals surface area contributed by atoms with Crippen molar-refractivity contribution in [2.45, 2.75) is 0 Å². The van der Waals surface area contributed by atoms with Crippen molar-refractivity contribution in [2.75, 3.05) is 43.9 Å². The van der Waals surface area contributed by atoms with Crippen LogP contribution in [0.5, 0.6) is 0 Å². The highest BCUT2D eigenvalue weighted by atomic mass is 35.5. The minimum atomic E-state index is -0.323. The van der Waals surface area contributed by atoms with Crippen LogP contribution in [0.4, 0.5) is 16.2 Å². The fraction of sp³-hybridized carbons (Fsp3) is 0.227. The first-order chi connectivity index (χ1) is 15.0. The third-order valence-electron chi connectivity index (χ3n) is 5.51. The van der Waals surface area contributed by atoms with Crippen LogP contribution < -0.4 is 10.6 Å². The number of hydrogen-bond acceptors (Lipinski definition) is 6. The van der Waals surface area contributed by atoms with Gasteiger partial charge in [-0.25, -0.2) is 14.1 Å². The summed E-state index contributed by atoms with van der Waals surface area (Å²) in [6.45, 7) is 3.51. The van der Waals surface area contributed by atoms with Crippen LogP contribution in [0.25, 0.3) is 28.0 Å². The van der Waals surface area contributed by atoms with Gasteiger partial charge in [-0.3, -0.25) is 0 Å². The Balaban J connectivity index is 1.71. The molecule has 7 nitrogen and oxygen atoms in total. The molecule has 4 aromatic rings. The number of fused-ring (bicyclic) bond motifs is 1. The van der Waals surface area contributed by atoms with Gasteiger partial charge in [0.2, 0.25) is 5.95 Å². The van der Waals surface area contributed by atoms with E-state index in [4.69, 9.17) is 27.3 Å². The topological polar surface area (TPSA) is 76.1 Å². The van der Waals surface area contributed by atoms with Crippen LogP contribution in [0.2, 0.25) is 5.02 Å². The van der Waals surface area contributed by atoms with Crippen molar-refractivity contribution >= 4 is 34.4 Å². The van der Waals surface area contributed by atoms with Gasteiger partial charge in [0.1, 0.15) is 11.6 Å². The molecule has 31 heavy (non-hydrogen) atoms. The Morgan fingerprint density at radius 2 is 1.74 bits per heavy atom. The number of likely N-dealkylation sites (N-methyl/N-ethyl adjacent to an activating group) is 1. The zero-order valence-electron chi connectivity index (χ0n) is 17.0. The summed E-state index contributed by atoms with van der Waals surface area (Å²) in [5.74, 6) is 0.677. The second-order valence-corrected chi connectivity index (χ2v) is 8.08. The van der Waals surface area contributed by atoms with Crippen molar-refractivity contribution in [3.63, 3.8) is 0 Å². The Kier molecular flexibility index (Phi) is 4.95. The van der Waals surface area contributed by atoms with E-state index >= 15 is 0 Å². The summed E-state index contributed by atoms with van der Waals surface area (Å²) < 4.78 is 15.0. The minimum Gasteiger partial charge on any atom is -0.383 e. The molecule has 0 spiro atoms. The molecular formula is C22H21ClFN7. The molecule has 2 aromatic carbocycles. The van der Waals surface area contributed by atoms with E-state index in [2.05, 4.69) is 21.9 Å². The van der Waals surface area contributed by atoms with Gasteiger partial charge >= 0.3 is 0 Å². The third-order valence-corrected chi connectivity index (χ3v) is 5.75. The smallest absolute Gasteiger partial charge is 0.228 e. The average molecular weight is 438 g/mol. The van der Waals surface area contributed by atoms with E-state index in [1.807, 2.05) is 24.3 Å². The van der Waals surface area contributed by atoms with E-state index in [1.165, 1.54) is 12.1 Å². The maximum atomic E-state index is 13.4. The van der Waals surface area contributed by atoms with Gasteiger partial charge in [-0.2, -0.15) is 4.98 Å². The van der Waals surface area contributed by atoms with Crippen molar-refractivity contribution in [1.82, 2.24) is 24.6 Å². The lowest BCUT2D eigenvalue weighted by Gasteiger charge is -2.32. The summed E-state index contributed by atoms with van der Waals surface area (Å²) in [4.78, 5) is 14.0. The Hall–Kier alpha value is -3.23. The second-order valence-electron chi connectivity index (χ2n) is 7.64. The molecule has 0 atom stereocenters. The highest BCUT2D eigenvalue weighted by Crippen LogP contribution is 2.34. The van der Waals surface area contributed by atoms with Gasteiger partial charge < -0.3 is 15.5 Å². The van der Waals surface area contributed by atoms with E-state index in [9.17, 15) is 4.39 Å². The normalized spacial score (nSPS) is 15.0. The number of halogens is 2. The van der Waals surface area contributed by atoms with Gasteiger partial charge in [-0.05, 0) is 43.4 Å². The van der Waals surface area contributed by atoms with Gasteiger partial charge in [-0.15, -0.1) is 5.10 Å². The zero-order valence-corrected chi connectivity index (χ0v) is 17.7. The van der Waals surface area contributed by atoms with Crippen LogP contribution >= 0.6 is 11.6 Å². The number of piperazine rings is 1. The molecule has 5 rings (SSSR count). The Labute approximate surface area is 183 Å². The largest absolute Gasteiger partial charge is 0.383 e. The van der Waals surface area contributed by atoms with E-state index in [0.29, 0.717) is 39.2 Å². The van der Waals surface area contributed by atoms with Gasteiger partial charge in [0, 0.05) is 36.8 Å². The first kappa shape index (κ1) is 19.7. The van der Waals surface area contributed by atoms with Crippen molar-refractivity contribution in [1.29, 1.82) is 0 Å². The molecule has 0 saturated carbocycles. The Morgan fingerprint density at radius 1 is 1.00 bits per heavy atom. The summed E-state index contributed by atoms with van der Waals surface area (Å²) in [5.41, 5.74) is 9.15. The number of nitrogens with zero attached hydrogens (tertiary/aromatic N) is 6. The molecule has 2 N–H and O–H groups in total. The van der Waals surface area contributed by atoms with E-state index in [0.717, 1.165) is 31.7 Å². The summed E-state index contributed by atoms with van der Waals surface area (Å²) in [6, 6.07) is 13.5. The van der Waals surface area contributed by atoms with Crippen LogP contribution in [0, 0.1) is 5.82 Å². The molecular weight excluding hydrogens is 417 g/mol. The molecule has 3 heterocycles. The van der Waals surface area contributed by atoms with Crippen molar-refractivity contribution in [2.24, 2.45) is 0 Å². The number of nitrogens with two attached hydrogens (primary N) is 1. The van der Waals surface area contributed by atoms with Crippen LogP contribution in [-0.2, 0) is 0 Å². The van der Waals surface area contributed by atoms with E-state index in [-0.39, 0.29) is 5.82 Å². The van der Waals surface area contributed by atoms with E-state index < -0.39 is 0 Å². The lowest BCUT2D eigenvalue weighted by molar-refractivity contribution is 0.311. The van der Waals surface area contributed by atoms with Gasteiger partial charge in [0.25, 0.3) is 0 Å². The number of aromatic nitrogens is 4. The lowest BCUT2D eigenvalue weighted by atomic mass is 10.1. The monoisotopic (exact) mass is 437 g/mol. The van der Waals surface area contributed by atoms with Crippen molar-refractivity contribution in [3.8, 4) is 16.9 Å². The molecule has 1 aliphatic heterocycles. The summed E-state index contributed by atoms with van der Waals surface area (Å²) >= 11 is 6.26. The zero-order chi connectivity index (χ0) is 21.5. The first-order valence-electron chi connectivity index (χ1n) is 10.0. The van der Waals surface area contributed by atoms with Crippen LogP contribution in [0.15, 0.2) is 48.5 Å². The molecule has 1 aliphatic rings. The molecule has 0 amide bonds. The molecule has 9 heteroatoms. The lowest BCUT2D eigenvalue weighted by Crippen LogP contribution is -2.45. The highest BCUT2D eigenvalue weighted by molar-refractivity contribution is 6.30. The fourth-order valence-corrected chi connectivity index (χ4v) is 3.96. The first-order valence-corrected chi connectivity index (χ1v) is 10.4. The Bertz CT molecular complexity index is 1250. The number of rotatable bonds is 3. The molecule has 158 valence electrons. The quantitative estimate of drug-likeness (QED) is 0.527.